The van der Waals surface area contributed by atoms with Crippen LogP contribution in [0.15, 0.2) is 11.1 Å². The molecular weight excluding hydrogens is 228 g/mol. The molecule has 0 saturated heterocycles. The molecule has 4 atom stereocenters. The molecule has 1 fully saturated rings. The molecule has 1 saturated carbocycles. The minimum atomic E-state index is -0.714. The number of rotatable bonds is 2. The van der Waals surface area contributed by atoms with Crippen molar-refractivity contribution in [2.75, 3.05) is 0 Å². The van der Waals surface area contributed by atoms with Crippen LogP contribution in [0, 0.1) is 23.7 Å². The molecule has 0 heterocycles. The van der Waals surface area contributed by atoms with Gasteiger partial charge in [-0.25, -0.2) is 0 Å². The number of allylic oxidation sites excluding steroid dienone is 2. The van der Waals surface area contributed by atoms with Gasteiger partial charge in [-0.2, -0.15) is 0 Å². The normalized spacial score (nSPS) is 34.2. The number of fused-ring (bicyclic) bond motifs is 1. The SMILES string of the molecule is CC1=C2C[C@H]([C@@H](C)C(=O)O)CC[C@H](C)[C@@H]2CC1=O. The summed E-state index contributed by atoms with van der Waals surface area (Å²) in [7, 11) is 0. The molecule has 100 valence electrons. The monoisotopic (exact) mass is 250 g/mol. The molecule has 3 nitrogen and oxygen atoms in total. The molecule has 0 aromatic carbocycles. The van der Waals surface area contributed by atoms with Crippen molar-refractivity contribution >= 4 is 11.8 Å². The highest BCUT2D eigenvalue weighted by atomic mass is 16.4. The number of hydrogen-bond acceptors (Lipinski definition) is 2. The van der Waals surface area contributed by atoms with Gasteiger partial charge in [0.15, 0.2) is 5.78 Å². The van der Waals surface area contributed by atoms with Crippen molar-refractivity contribution in [2.24, 2.45) is 23.7 Å². The van der Waals surface area contributed by atoms with Crippen LogP contribution in [0.25, 0.3) is 0 Å². The van der Waals surface area contributed by atoms with Crippen LogP contribution in [-0.2, 0) is 9.59 Å². The smallest absolute Gasteiger partial charge is 0.306 e. The molecule has 0 amide bonds. The Kier molecular flexibility index (Phi) is 3.60. The Morgan fingerprint density at radius 1 is 1.33 bits per heavy atom. The zero-order valence-corrected chi connectivity index (χ0v) is 11.4. The van der Waals surface area contributed by atoms with Crippen molar-refractivity contribution in [3.05, 3.63) is 11.1 Å². The Labute approximate surface area is 108 Å². The van der Waals surface area contributed by atoms with Crippen molar-refractivity contribution in [1.29, 1.82) is 0 Å². The Morgan fingerprint density at radius 3 is 2.61 bits per heavy atom. The maximum atomic E-state index is 11.8. The molecule has 1 N–H and O–H groups in total. The average Bonchev–Trinajstić information content (AvgIpc) is 2.50. The predicted molar refractivity (Wildman–Crippen MR) is 69.1 cm³/mol. The molecule has 0 radical (unpaired) electrons. The number of hydrogen-bond donors (Lipinski definition) is 1. The number of aliphatic carboxylic acids is 1. The standard InChI is InChI=1S/C15H22O3/c1-8-4-5-11(9(2)15(17)18)6-13-10(3)14(16)7-12(8)13/h8-9,11-12H,4-7H2,1-3H3,(H,17,18)/t8-,9+,11+,12-/m0/s1. The fourth-order valence-corrected chi connectivity index (χ4v) is 3.47. The summed E-state index contributed by atoms with van der Waals surface area (Å²) in [4.78, 5) is 23.0. The zero-order valence-electron chi connectivity index (χ0n) is 11.4. The molecular formula is C15H22O3. The zero-order chi connectivity index (χ0) is 13.4. The van der Waals surface area contributed by atoms with Gasteiger partial charge in [0.2, 0.25) is 0 Å². The van der Waals surface area contributed by atoms with Crippen LogP contribution in [0.3, 0.4) is 0 Å². The van der Waals surface area contributed by atoms with Gasteiger partial charge >= 0.3 is 5.97 Å². The lowest BCUT2D eigenvalue weighted by Gasteiger charge is -2.20. The number of carbonyl (C=O) groups excluding carboxylic acids is 1. The third-order valence-corrected chi connectivity index (χ3v) is 5.01. The van der Waals surface area contributed by atoms with Gasteiger partial charge in [0, 0.05) is 6.42 Å². The Morgan fingerprint density at radius 2 is 2.00 bits per heavy atom. The molecule has 2 aliphatic rings. The molecule has 0 aromatic heterocycles. The Bertz CT molecular complexity index is 408. The summed E-state index contributed by atoms with van der Waals surface area (Å²) >= 11 is 0. The first kappa shape index (κ1) is 13.3. The molecule has 0 aliphatic heterocycles. The second-order valence-electron chi connectivity index (χ2n) is 6.03. The van der Waals surface area contributed by atoms with Crippen molar-refractivity contribution in [3.8, 4) is 0 Å². The summed E-state index contributed by atoms with van der Waals surface area (Å²) in [6.45, 7) is 5.91. The minimum Gasteiger partial charge on any atom is -0.481 e. The summed E-state index contributed by atoms with van der Waals surface area (Å²) in [6, 6.07) is 0. The summed E-state index contributed by atoms with van der Waals surface area (Å²) in [5, 5.41) is 9.17. The number of carboxylic acid groups (broad SMARTS) is 1. The van der Waals surface area contributed by atoms with Crippen LogP contribution >= 0.6 is 0 Å². The van der Waals surface area contributed by atoms with E-state index in [9.17, 15) is 9.59 Å². The molecule has 0 spiro atoms. The van der Waals surface area contributed by atoms with Gasteiger partial charge in [-0.05, 0) is 49.5 Å². The van der Waals surface area contributed by atoms with E-state index in [2.05, 4.69) is 6.92 Å². The van der Waals surface area contributed by atoms with Crippen molar-refractivity contribution in [2.45, 2.75) is 46.5 Å². The lowest BCUT2D eigenvalue weighted by molar-refractivity contribution is -0.143. The van der Waals surface area contributed by atoms with Gasteiger partial charge in [-0.15, -0.1) is 0 Å². The number of carboxylic acids is 1. The van der Waals surface area contributed by atoms with E-state index in [1.807, 2.05) is 6.92 Å². The van der Waals surface area contributed by atoms with Crippen molar-refractivity contribution < 1.29 is 14.7 Å². The number of ketones is 1. The maximum Gasteiger partial charge on any atom is 0.306 e. The lowest BCUT2D eigenvalue weighted by atomic mass is 9.84. The fourth-order valence-electron chi connectivity index (χ4n) is 3.47. The van der Waals surface area contributed by atoms with Gasteiger partial charge in [0.05, 0.1) is 5.92 Å². The van der Waals surface area contributed by atoms with E-state index in [1.165, 1.54) is 5.57 Å². The summed E-state index contributed by atoms with van der Waals surface area (Å²) in [5.41, 5.74) is 2.17. The molecule has 2 aliphatic carbocycles. The van der Waals surface area contributed by atoms with E-state index < -0.39 is 5.97 Å². The molecule has 18 heavy (non-hydrogen) atoms. The van der Waals surface area contributed by atoms with Gasteiger partial charge in [-0.1, -0.05) is 19.4 Å². The Balaban J connectivity index is 2.26. The average molecular weight is 250 g/mol. The van der Waals surface area contributed by atoms with E-state index in [0.717, 1.165) is 24.8 Å². The first-order chi connectivity index (χ1) is 8.41. The van der Waals surface area contributed by atoms with Gasteiger partial charge < -0.3 is 5.11 Å². The highest BCUT2D eigenvalue weighted by Crippen LogP contribution is 2.45. The van der Waals surface area contributed by atoms with E-state index >= 15 is 0 Å². The van der Waals surface area contributed by atoms with Crippen LogP contribution in [0.5, 0.6) is 0 Å². The fraction of sp³-hybridized carbons (Fsp3) is 0.733. The van der Waals surface area contributed by atoms with E-state index in [-0.39, 0.29) is 17.6 Å². The lowest BCUT2D eigenvalue weighted by Crippen LogP contribution is -2.20. The summed E-state index contributed by atoms with van der Waals surface area (Å²) < 4.78 is 0. The molecule has 0 unspecified atom stereocenters. The number of carbonyl (C=O) groups is 2. The van der Waals surface area contributed by atoms with E-state index in [0.29, 0.717) is 18.3 Å². The van der Waals surface area contributed by atoms with Crippen molar-refractivity contribution in [3.63, 3.8) is 0 Å². The number of Topliss-reactive ketones (excluding diaryl/α,β-unsaturated/α-hetero) is 1. The predicted octanol–water partition coefficient (Wildman–Crippen LogP) is 3.05. The van der Waals surface area contributed by atoms with Crippen LogP contribution < -0.4 is 0 Å². The highest BCUT2D eigenvalue weighted by molar-refractivity contribution is 5.98. The van der Waals surface area contributed by atoms with Crippen LogP contribution in [-0.4, -0.2) is 16.9 Å². The topological polar surface area (TPSA) is 54.4 Å². The highest BCUT2D eigenvalue weighted by Gasteiger charge is 2.38. The third kappa shape index (κ3) is 2.23. The second kappa shape index (κ2) is 4.87. The van der Waals surface area contributed by atoms with Crippen LogP contribution in [0.1, 0.15) is 46.5 Å². The van der Waals surface area contributed by atoms with Gasteiger partial charge in [-0.3, -0.25) is 9.59 Å². The maximum absolute atomic E-state index is 11.8. The van der Waals surface area contributed by atoms with E-state index in [1.54, 1.807) is 6.92 Å². The quantitative estimate of drug-likeness (QED) is 0.819. The second-order valence-corrected chi connectivity index (χ2v) is 6.03. The Hall–Kier alpha value is -1.12. The molecule has 0 bridgehead atoms. The van der Waals surface area contributed by atoms with Crippen LogP contribution in [0.2, 0.25) is 0 Å². The first-order valence-corrected chi connectivity index (χ1v) is 6.87. The first-order valence-electron chi connectivity index (χ1n) is 6.87. The summed E-state index contributed by atoms with van der Waals surface area (Å²) in [6.07, 6.45) is 3.46. The molecule has 2 rings (SSSR count). The summed E-state index contributed by atoms with van der Waals surface area (Å²) in [5.74, 6) is 0.313. The largest absolute Gasteiger partial charge is 0.481 e. The third-order valence-electron chi connectivity index (χ3n) is 5.01. The minimum absolute atomic E-state index is 0.186. The molecule has 3 heteroatoms. The molecule has 0 aromatic rings. The van der Waals surface area contributed by atoms with E-state index in [4.69, 9.17) is 5.11 Å². The van der Waals surface area contributed by atoms with Gasteiger partial charge in [0.1, 0.15) is 0 Å². The van der Waals surface area contributed by atoms with Gasteiger partial charge in [0.25, 0.3) is 0 Å². The van der Waals surface area contributed by atoms with Crippen LogP contribution in [0.4, 0.5) is 0 Å². The van der Waals surface area contributed by atoms with Crippen molar-refractivity contribution in [1.82, 2.24) is 0 Å².